The number of carbonyl (C=O) groups is 1. The average Bonchev–Trinajstić information content (AvgIpc) is 2.24. The fraction of sp³-hybridized carbons (Fsp3) is 0.286. The van der Waals surface area contributed by atoms with Crippen LogP contribution < -0.4 is 5.73 Å². The van der Waals surface area contributed by atoms with Gasteiger partial charge in [-0.1, -0.05) is 0 Å². The molecule has 1 aromatic heterocycles. The number of nitrogens with two attached hydrogens (primary N) is 1. The maximum Gasteiger partial charge on any atom is 0.425 e. The summed E-state index contributed by atoms with van der Waals surface area (Å²) >= 11 is 0.248. The minimum Gasteiger partial charge on any atom is -0.478 e. The van der Waals surface area contributed by atoms with Crippen LogP contribution in [0.2, 0.25) is 0 Å². The molecular formula is C7H6F3NO2S. The lowest BCUT2D eigenvalue weighted by Gasteiger charge is -2.03. The minimum atomic E-state index is -4.55. The normalized spacial score (nSPS) is 11.7. The summed E-state index contributed by atoms with van der Waals surface area (Å²) in [6, 6.07) is 0. The number of rotatable bonds is 1. The van der Waals surface area contributed by atoms with Gasteiger partial charge in [0, 0.05) is 0 Å². The largest absolute Gasteiger partial charge is 0.478 e. The fourth-order valence-electron chi connectivity index (χ4n) is 1.07. The molecular weight excluding hydrogens is 219 g/mol. The Morgan fingerprint density at radius 3 is 2.21 bits per heavy atom. The average molecular weight is 225 g/mol. The van der Waals surface area contributed by atoms with Crippen LogP contribution in [0, 0.1) is 6.92 Å². The number of thiophene rings is 1. The van der Waals surface area contributed by atoms with Gasteiger partial charge >= 0.3 is 12.1 Å². The Bertz CT molecular complexity index is 383. The van der Waals surface area contributed by atoms with Crippen molar-refractivity contribution in [1.29, 1.82) is 0 Å². The maximum atomic E-state index is 12.3. The van der Waals surface area contributed by atoms with Crippen molar-refractivity contribution in [2.45, 2.75) is 13.1 Å². The van der Waals surface area contributed by atoms with Gasteiger partial charge in [0.15, 0.2) is 0 Å². The number of aromatic carboxylic acids is 1. The zero-order valence-corrected chi connectivity index (χ0v) is 7.79. The predicted molar refractivity (Wildman–Crippen MR) is 45.4 cm³/mol. The summed E-state index contributed by atoms with van der Waals surface area (Å²) < 4.78 is 36.8. The first-order chi connectivity index (χ1) is 6.25. The van der Waals surface area contributed by atoms with E-state index in [1.807, 2.05) is 0 Å². The van der Waals surface area contributed by atoms with Crippen LogP contribution in [0.25, 0.3) is 0 Å². The van der Waals surface area contributed by atoms with E-state index in [4.69, 9.17) is 10.8 Å². The SMILES string of the molecule is Cc1c(C(F)(F)F)sc(N)c1C(=O)O. The van der Waals surface area contributed by atoms with E-state index in [2.05, 4.69) is 0 Å². The van der Waals surface area contributed by atoms with Crippen LogP contribution in [0.4, 0.5) is 18.2 Å². The van der Waals surface area contributed by atoms with Crippen LogP contribution in [0.3, 0.4) is 0 Å². The summed E-state index contributed by atoms with van der Waals surface area (Å²) in [6.45, 7) is 1.10. The quantitative estimate of drug-likeness (QED) is 0.771. The highest BCUT2D eigenvalue weighted by atomic mass is 32.1. The fourth-order valence-corrected chi connectivity index (χ4v) is 2.01. The third-order valence-corrected chi connectivity index (χ3v) is 2.81. The molecule has 3 N–H and O–H groups in total. The zero-order valence-electron chi connectivity index (χ0n) is 6.97. The van der Waals surface area contributed by atoms with E-state index >= 15 is 0 Å². The first-order valence-electron chi connectivity index (χ1n) is 3.44. The van der Waals surface area contributed by atoms with Crippen LogP contribution in [0.15, 0.2) is 0 Å². The Morgan fingerprint density at radius 1 is 1.50 bits per heavy atom. The molecule has 14 heavy (non-hydrogen) atoms. The molecule has 1 heterocycles. The highest BCUT2D eigenvalue weighted by molar-refractivity contribution is 7.16. The van der Waals surface area contributed by atoms with Crippen molar-refractivity contribution in [2.75, 3.05) is 5.73 Å². The highest BCUT2D eigenvalue weighted by Crippen LogP contribution is 2.41. The first kappa shape index (κ1) is 10.8. The van der Waals surface area contributed by atoms with Gasteiger partial charge in [-0.3, -0.25) is 0 Å². The molecule has 7 heteroatoms. The van der Waals surface area contributed by atoms with Crippen molar-refractivity contribution in [3.8, 4) is 0 Å². The van der Waals surface area contributed by atoms with E-state index in [1.165, 1.54) is 0 Å². The summed E-state index contributed by atoms with van der Waals surface area (Å²) in [6.07, 6.45) is -4.55. The van der Waals surface area contributed by atoms with Crippen molar-refractivity contribution < 1.29 is 23.1 Å². The van der Waals surface area contributed by atoms with E-state index in [0.717, 1.165) is 6.92 Å². The van der Waals surface area contributed by atoms with Gasteiger partial charge in [0.2, 0.25) is 0 Å². The number of anilines is 1. The summed E-state index contributed by atoms with van der Waals surface area (Å²) in [5, 5.41) is 8.27. The van der Waals surface area contributed by atoms with Gasteiger partial charge in [0.1, 0.15) is 9.88 Å². The van der Waals surface area contributed by atoms with Gasteiger partial charge in [-0.15, -0.1) is 11.3 Å². The van der Waals surface area contributed by atoms with Gasteiger partial charge < -0.3 is 10.8 Å². The predicted octanol–water partition coefficient (Wildman–Crippen LogP) is 2.36. The second kappa shape index (κ2) is 3.16. The summed E-state index contributed by atoms with van der Waals surface area (Å²) in [5.74, 6) is -1.44. The van der Waals surface area contributed by atoms with E-state index in [-0.39, 0.29) is 21.9 Å². The number of hydrogen-bond donors (Lipinski definition) is 2. The Hall–Kier alpha value is -1.24. The molecule has 0 radical (unpaired) electrons. The monoisotopic (exact) mass is 225 g/mol. The van der Waals surface area contributed by atoms with E-state index in [0.29, 0.717) is 0 Å². The Balaban J connectivity index is 3.39. The molecule has 3 nitrogen and oxygen atoms in total. The molecule has 0 fully saturated rings. The molecule has 0 amide bonds. The van der Waals surface area contributed by atoms with Gasteiger partial charge in [-0.05, 0) is 12.5 Å². The molecule has 0 bridgehead atoms. The van der Waals surface area contributed by atoms with Crippen LogP contribution in [-0.4, -0.2) is 11.1 Å². The molecule has 0 aromatic carbocycles. The third kappa shape index (κ3) is 1.67. The van der Waals surface area contributed by atoms with Gasteiger partial charge in [0.25, 0.3) is 0 Å². The van der Waals surface area contributed by atoms with Crippen molar-refractivity contribution in [3.63, 3.8) is 0 Å². The van der Waals surface area contributed by atoms with E-state index in [9.17, 15) is 18.0 Å². The Morgan fingerprint density at radius 2 is 2.00 bits per heavy atom. The topological polar surface area (TPSA) is 63.3 Å². The molecule has 78 valence electrons. The van der Waals surface area contributed by atoms with Crippen molar-refractivity contribution >= 4 is 22.3 Å². The molecule has 0 saturated carbocycles. The van der Waals surface area contributed by atoms with Crippen LogP contribution in [-0.2, 0) is 6.18 Å². The molecule has 0 aliphatic rings. The van der Waals surface area contributed by atoms with Crippen molar-refractivity contribution in [1.82, 2.24) is 0 Å². The highest BCUT2D eigenvalue weighted by Gasteiger charge is 2.37. The van der Waals surface area contributed by atoms with Crippen LogP contribution >= 0.6 is 11.3 Å². The van der Waals surface area contributed by atoms with E-state index < -0.39 is 22.6 Å². The lowest BCUT2D eigenvalue weighted by Crippen LogP contribution is -2.06. The second-order valence-corrected chi connectivity index (χ2v) is 3.65. The molecule has 0 aliphatic heterocycles. The van der Waals surface area contributed by atoms with Gasteiger partial charge in [-0.25, -0.2) is 4.79 Å². The smallest absolute Gasteiger partial charge is 0.425 e. The molecule has 0 atom stereocenters. The summed E-state index contributed by atoms with van der Waals surface area (Å²) in [4.78, 5) is 9.59. The molecule has 0 unspecified atom stereocenters. The zero-order chi connectivity index (χ0) is 11.1. The number of halogens is 3. The number of nitrogen functional groups attached to an aromatic ring is 1. The Labute approximate surface area is 81.0 Å². The molecule has 1 rings (SSSR count). The third-order valence-electron chi connectivity index (χ3n) is 1.65. The van der Waals surface area contributed by atoms with Gasteiger partial charge in [0.05, 0.1) is 5.56 Å². The minimum absolute atomic E-state index is 0.248. The number of carboxylic acid groups (broad SMARTS) is 1. The molecule has 0 saturated heterocycles. The molecule has 0 spiro atoms. The Kier molecular flexibility index (Phi) is 2.45. The van der Waals surface area contributed by atoms with Crippen molar-refractivity contribution in [2.24, 2.45) is 0 Å². The van der Waals surface area contributed by atoms with Crippen molar-refractivity contribution in [3.05, 3.63) is 16.0 Å². The second-order valence-electron chi connectivity index (χ2n) is 2.60. The number of alkyl halides is 3. The maximum absolute atomic E-state index is 12.3. The van der Waals surface area contributed by atoms with Crippen LogP contribution in [0.1, 0.15) is 20.8 Å². The lowest BCUT2D eigenvalue weighted by molar-refractivity contribution is -0.134. The number of carboxylic acids is 1. The molecule has 0 aliphatic carbocycles. The van der Waals surface area contributed by atoms with E-state index in [1.54, 1.807) is 0 Å². The standard InChI is InChI=1S/C7H6F3NO2S/c1-2-3(6(12)13)5(11)14-4(2)7(8,9)10/h11H2,1H3,(H,12,13). The molecule has 1 aromatic rings. The van der Waals surface area contributed by atoms with Gasteiger partial charge in [-0.2, -0.15) is 13.2 Å². The summed E-state index contributed by atoms with van der Waals surface area (Å²) in [5.41, 5.74) is 4.39. The first-order valence-corrected chi connectivity index (χ1v) is 4.26. The lowest BCUT2D eigenvalue weighted by atomic mass is 10.1. The summed E-state index contributed by atoms with van der Waals surface area (Å²) in [7, 11) is 0. The van der Waals surface area contributed by atoms with Crippen LogP contribution in [0.5, 0.6) is 0 Å². The number of hydrogen-bond acceptors (Lipinski definition) is 3.